The Kier molecular flexibility index (Phi) is 3.76. The first kappa shape index (κ1) is 15.2. The van der Waals surface area contributed by atoms with Gasteiger partial charge in [-0.05, 0) is 49.4 Å². The lowest BCUT2D eigenvalue weighted by atomic mass is 10.1. The van der Waals surface area contributed by atoms with Crippen LogP contribution in [-0.4, -0.2) is 24.4 Å². The molecule has 0 atom stereocenters. The van der Waals surface area contributed by atoms with Crippen LogP contribution >= 0.6 is 11.3 Å². The van der Waals surface area contributed by atoms with Gasteiger partial charge < -0.3 is 14.0 Å². The van der Waals surface area contributed by atoms with E-state index in [2.05, 4.69) is 17.1 Å². The standard InChI is InChI=1S/C18H18N2O3S/c1-10-12-5-4-6-13(12)16(24-10)18-19-17(20-23-18)14-8-7-11(21-2)9-15(14)22-3/h7-9H,4-6H2,1-3H3. The highest BCUT2D eigenvalue weighted by atomic mass is 32.1. The fraction of sp³-hybridized carbons (Fsp3) is 0.333. The quantitative estimate of drug-likeness (QED) is 0.708. The molecule has 0 saturated heterocycles. The van der Waals surface area contributed by atoms with E-state index in [0.717, 1.165) is 29.0 Å². The minimum Gasteiger partial charge on any atom is -0.497 e. The van der Waals surface area contributed by atoms with Crippen molar-refractivity contribution in [1.82, 2.24) is 10.1 Å². The Morgan fingerprint density at radius 1 is 1.12 bits per heavy atom. The number of rotatable bonds is 4. The summed E-state index contributed by atoms with van der Waals surface area (Å²) in [5, 5.41) is 4.16. The molecule has 1 aromatic carbocycles. The maximum Gasteiger partial charge on any atom is 0.268 e. The van der Waals surface area contributed by atoms with Gasteiger partial charge in [-0.15, -0.1) is 11.3 Å². The van der Waals surface area contributed by atoms with Crippen molar-refractivity contribution in [3.63, 3.8) is 0 Å². The summed E-state index contributed by atoms with van der Waals surface area (Å²) in [6.07, 6.45) is 3.46. The van der Waals surface area contributed by atoms with Crippen LogP contribution in [0.4, 0.5) is 0 Å². The van der Waals surface area contributed by atoms with E-state index < -0.39 is 0 Å². The average Bonchev–Trinajstić information content (AvgIpc) is 3.32. The number of benzene rings is 1. The third-order valence-corrected chi connectivity index (χ3v) is 5.62. The van der Waals surface area contributed by atoms with Gasteiger partial charge in [-0.3, -0.25) is 0 Å². The van der Waals surface area contributed by atoms with Gasteiger partial charge in [-0.2, -0.15) is 4.98 Å². The topological polar surface area (TPSA) is 57.4 Å². The number of aromatic nitrogens is 2. The minimum atomic E-state index is 0.530. The number of hydrogen-bond acceptors (Lipinski definition) is 6. The van der Waals surface area contributed by atoms with Gasteiger partial charge in [0, 0.05) is 10.9 Å². The number of fused-ring (bicyclic) bond motifs is 1. The highest BCUT2D eigenvalue weighted by Gasteiger charge is 2.25. The van der Waals surface area contributed by atoms with Crippen LogP contribution in [0.5, 0.6) is 11.5 Å². The maximum absolute atomic E-state index is 5.56. The van der Waals surface area contributed by atoms with Crippen molar-refractivity contribution in [3.8, 4) is 33.7 Å². The molecule has 0 aliphatic heterocycles. The lowest BCUT2D eigenvalue weighted by Crippen LogP contribution is -1.91. The molecular formula is C18H18N2O3S. The number of thiophene rings is 1. The third kappa shape index (κ3) is 2.38. The van der Waals surface area contributed by atoms with E-state index in [1.165, 1.54) is 22.4 Å². The molecule has 1 aliphatic rings. The van der Waals surface area contributed by atoms with E-state index in [9.17, 15) is 0 Å². The number of aryl methyl sites for hydroxylation is 1. The number of hydrogen-bond donors (Lipinski definition) is 0. The van der Waals surface area contributed by atoms with Crippen LogP contribution < -0.4 is 9.47 Å². The van der Waals surface area contributed by atoms with E-state index in [-0.39, 0.29) is 0 Å². The molecule has 2 aromatic heterocycles. The predicted molar refractivity (Wildman–Crippen MR) is 92.9 cm³/mol. The number of nitrogens with zero attached hydrogens (tertiary/aromatic N) is 2. The zero-order valence-corrected chi connectivity index (χ0v) is 14.7. The van der Waals surface area contributed by atoms with Gasteiger partial charge in [0.25, 0.3) is 5.89 Å². The second-order valence-electron chi connectivity index (χ2n) is 5.79. The maximum atomic E-state index is 5.56. The first-order valence-electron chi connectivity index (χ1n) is 7.89. The summed E-state index contributed by atoms with van der Waals surface area (Å²) in [6, 6.07) is 5.57. The van der Waals surface area contributed by atoms with Gasteiger partial charge >= 0.3 is 0 Å². The van der Waals surface area contributed by atoms with Crippen LogP contribution in [0.25, 0.3) is 22.2 Å². The van der Waals surface area contributed by atoms with Gasteiger partial charge in [0.05, 0.1) is 24.7 Å². The van der Waals surface area contributed by atoms with Crippen LogP contribution in [0.3, 0.4) is 0 Å². The number of ether oxygens (including phenoxy) is 2. The van der Waals surface area contributed by atoms with E-state index >= 15 is 0 Å². The fourth-order valence-electron chi connectivity index (χ4n) is 3.24. The molecule has 0 saturated carbocycles. The summed E-state index contributed by atoms with van der Waals surface area (Å²) < 4.78 is 16.2. The Morgan fingerprint density at radius 3 is 2.75 bits per heavy atom. The molecule has 4 rings (SSSR count). The first-order chi connectivity index (χ1) is 11.7. The normalized spacial score (nSPS) is 13.1. The van der Waals surface area contributed by atoms with Crippen LogP contribution in [0, 0.1) is 6.92 Å². The molecule has 0 N–H and O–H groups in total. The molecule has 5 nitrogen and oxygen atoms in total. The summed E-state index contributed by atoms with van der Waals surface area (Å²) in [4.78, 5) is 7.09. The average molecular weight is 342 g/mol. The van der Waals surface area contributed by atoms with E-state index in [4.69, 9.17) is 14.0 Å². The zero-order valence-electron chi connectivity index (χ0n) is 13.9. The molecule has 0 bridgehead atoms. The van der Waals surface area contributed by atoms with Gasteiger partial charge in [0.2, 0.25) is 5.82 Å². The molecule has 1 aliphatic carbocycles. The van der Waals surface area contributed by atoms with Crippen molar-refractivity contribution in [2.45, 2.75) is 26.2 Å². The second-order valence-corrected chi connectivity index (χ2v) is 7.01. The van der Waals surface area contributed by atoms with E-state index in [1.54, 1.807) is 25.6 Å². The predicted octanol–water partition coefficient (Wildman–Crippen LogP) is 4.28. The summed E-state index contributed by atoms with van der Waals surface area (Å²) >= 11 is 1.75. The molecule has 124 valence electrons. The fourth-order valence-corrected chi connectivity index (χ4v) is 4.41. The van der Waals surface area contributed by atoms with Crippen LogP contribution in [-0.2, 0) is 12.8 Å². The lowest BCUT2D eigenvalue weighted by Gasteiger charge is -2.07. The van der Waals surface area contributed by atoms with Gasteiger partial charge in [0.1, 0.15) is 11.5 Å². The van der Waals surface area contributed by atoms with Crippen molar-refractivity contribution in [3.05, 3.63) is 34.2 Å². The smallest absolute Gasteiger partial charge is 0.268 e. The molecule has 6 heteroatoms. The van der Waals surface area contributed by atoms with Gasteiger partial charge in [-0.25, -0.2) is 0 Å². The Hall–Kier alpha value is -2.34. The third-order valence-electron chi connectivity index (χ3n) is 4.44. The van der Waals surface area contributed by atoms with Crippen molar-refractivity contribution < 1.29 is 14.0 Å². The summed E-state index contributed by atoms with van der Waals surface area (Å²) in [5.74, 6) is 2.52. The highest BCUT2D eigenvalue weighted by molar-refractivity contribution is 7.15. The molecular weight excluding hydrogens is 324 g/mol. The Bertz CT molecular complexity index is 898. The second kappa shape index (κ2) is 5.94. The van der Waals surface area contributed by atoms with Crippen LogP contribution in [0.15, 0.2) is 22.7 Å². The molecule has 0 amide bonds. The van der Waals surface area contributed by atoms with Crippen molar-refractivity contribution in [1.29, 1.82) is 0 Å². The van der Waals surface area contributed by atoms with Crippen LogP contribution in [0.1, 0.15) is 22.4 Å². The highest BCUT2D eigenvalue weighted by Crippen LogP contribution is 2.41. The summed E-state index contributed by atoms with van der Waals surface area (Å²) in [5.41, 5.74) is 3.64. The molecule has 0 fully saturated rings. The van der Waals surface area contributed by atoms with Crippen molar-refractivity contribution in [2.24, 2.45) is 0 Å². The van der Waals surface area contributed by atoms with E-state index in [0.29, 0.717) is 17.5 Å². The van der Waals surface area contributed by atoms with Crippen LogP contribution in [0.2, 0.25) is 0 Å². The Balaban J connectivity index is 1.75. The molecule has 0 unspecified atom stereocenters. The Labute approximate surface area is 144 Å². The lowest BCUT2D eigenvalue weighted by molar-refractivity contribution is 0.394. The molecule has 24 heavy (non-hydrogen) atoms. The van der Waals surface area contributed by atoms with E-state index in [1.807, 2.05) is 18.2 Å². The largest absolute Gasteiger partial charge is 0.497 e. The SMILES string of the molecule is COc1ccc(-c2noc(-c3sc(C)c4c3CCC4)n2)c(OC)c1. The summed E-state index contributed by atoms with van der Waals surface area (Å²) in [7, 11) is 3.25. The summed E-state index contributed by atoms with van der Waals surface area (Å²) in [6.45, 7) is 2.17. The van der Waals surface area contributed by atoms with Crippen molar-refractivity contribution >= 4 is 11.3 Å². The molecule has 2 heterocycles. The molecule has 0 spiro atoms. The number of methoxy groups -OCH3 is 2. The molecule has 0 radical (unpaired) electrons. The van der Waals surface area contributed by atoms with Gasteiger partial charge in [-0.1, -0.05) is 5.16 Å². The Morgan fingerprint density at radius 2 is 1.96 bits per heavy atom. The zero-order chi connectivity index (χ0) is 16.7. The molecule has 3 aromatic rings. The van der Waals surface area contributed by atoms with Crippen molar-refractivity contribution in [2.75, 3.05) is 14.2 Å². The monoisotopic (exact) mass is 342 g/mol. The minimum absolute atomic E-state index is 0.530. The first-order valence-corrected chi connectivity index (χ1v) is 8.70. The van der Waals surface area contributed by atoms with Gasteiger partial charge in [0.15, 0.2) is 0 Å².